The number of aliphatic imine (C=N–C) groups is 1. The molecular formula is C65H99N3O5S. The van der Waals surface area contributed by atoms with E-state index in [4.69, 9.17) is 13.9 Å². The third kappa shape index (κ3) is 16.7. The number of phenolic OH excluding ortho intramolecular Hbond substituents is 1. The zero-order chi connectivity index (χ0) is 52.2. The van der Waals surface area contributed by atoms with Gasteiger partial charge in [-0.05, 0) is 147 Å². The molecule has 74 heavy (non-hydrogen) atoms. The average molecular weight is 1030 g/mol. The maximum atomic E-state index is 13.0. The van der Waals surface area contributed by atoms with Crippen molar-refractivity contribution < 1.29 is 23.8 Å². The summed E-state index contributed by atoms with van der Waals surface area (Å²) in [4.78, 5) is 17.6. The number of rotatable bonds is 33. The van der Waals surface area contributed by atoms with Gasteiger partial charge in [-0.1, -0.05) is 181 Å². The second-order valence-electron chi connectivity index (χ2n) is 24.5. The molecular weight excluding hydrogens is 935 g/mol. The number of carbonyl (C=O) groups is 1. The third-order valence-electron chi connectivity index (χ3n) is 18.7. The van der Waals surface area contributed by atoms with E-state index in [1.807, 2.05) is 36.4 Å². The summed E-state index contributed by atoms with van der Waals surface area (Å²) in [7, 11) is 0. The molecule has 9 heteroatoms. The SMILES string of the molecule is CCCCCCCCCCCCSc1nnc(-c2ccc(N=Cc3ccc(OCCCCCCCCCCC(=O)OC4CC[C@@]5(C)C(=CC[C@H]6[C@@H]7CC[C@H]([C@H](C)CCCC(C)C)[C@@]7(C)CC[C@@H]65)C4)cc3O)cc2)o1. The molecule has 410 valence electrons. The largest absolute Gasteiger partial charge is 0.507 e. The normalized spacial score (nSPS) is 24.9. The first-order valence-corrected chi connectivity index (χ1v) is 31.4. The maximum Gasteiger partial charge on any atom is 0.306 e. The number of hydrogen-bond donors (Lipinski definition) is 1. The summed E-state index contributed by atoms with van der Waals surface area (Å²) in [5.41, 5.74) is 4.68. The van der Waals surface area contributed by atoms with Gasteiger partial charge in [0.2, 0.25) is 5.89 Å². The highest BCUT2D eigenvalue weighted by atomic mass is 32.2. The predicted molar refractivity (Wildman–Crippen MR) is 308 cm³/mol. The van der Waals surface area contributed by atoms with Crippen molar-refractivity contribution in [3.63, 3.8) is 0 Å². The van der Waals surface area contributed by atoms with Crippen LogP contribution < -0.4 is 4.74 Å². The lowest BCUT2D eigenvalue weighted by Gasteiger charge is -2.58. The van der Waals surface area contributed by atoms with E-state index in [9.17, 15) is 9.90 Å². The quantitative estimate of drug-likeness (QED) is 0.0211. The van der Waals surface area contributed by atoms with Crippen LogP contribution in [0.25, 0.3) is 11.5 Å². The van der Waals surface area contributed by atoms with Gasteiger partial charge < -0.3 is 19.0 Å². The summed E-state index contributed by atoms with van der Waals surface area (Å²) in [5, 5.41) is 19.8. The molecule has 8 nitrogen and oxygen atoms in total. The number of allylic oxidation sites excluding steroid dienone is 1. The van der Waals surface area contributed by atoms with Crippen molar-refractivity contribution in [3.05, 3.63) is 59.7 Å². The number of ether oxygens (including phenoxy) is 2. The van der Waals surface area contributed by atoms with Crippen LogP contribution in [0.2, 0.25) is 0 Å². The van der Waals surface area contributed by atoms with E-state index in [1.54, 1.807) is 29.6 Å². The van der Waals surface area contributed by atoms with Crippen LogP contribution in [0.4, 0.5) is 5.69 Å². The third-order valence-corrected chi connectivity index (χ3v) is 19.6. The zero-order valence-corrected chi connectivity index (χ0v) is 48.0. The molecule has 0 radical (unpaired) electrons. The summed E-state index contributed by atoms with van der Waals surface area (Å²) < 4.78 is 18.1. The minimum Gasteiger partial charge on any atom is -0.507 e. The van der Waals surface area contributed by atoms with Crippen molar-refractivity contribution in [3.8, 4) is 23.0 Å². The van der Waals surface area contributed by atoms with E-state index >= 15 is 0 Å². The van der Waals surface area contributed by atoms with Crippen molar-refractivity contribution in [2.75, 3.05) is 12.4 Å². The van der Waals surface area contributed by atoms with Crippen LogP contribution in [-0.2, 0) is 9.53 Å². The summed E-state index contributed by atoms with van der Waals surface area (Å²) >= 11 is 1.64. The van der Waals surface area contributed by atoms with E-state index < -0.39 is 0 Å². The van der Waals surface area contributed by atoms with E-state index in [2.05, 4.69) is 62.8 Å². The van der Waals surface area contributed by atoms with E-state index in [-0.39, 0.29) is 17.8 Å². The van der Waals surface area contributed by atoms with Crippen LogP contribution in [0.3, 0.4) is 0 Å². The molecule has 4 aliphatic carbocycles. The molecule has 1 N–H and O–H groups in total. The lowest BCUT2D eigenvalue weighted by Crippen LogP contribution is -2.51. The first-order chi connectivity index (χ1) is 36.0. The van der Waals surface area contributed by atoms with Crippen molar-refractivity contribution in [1.82, 2.24) is 10.2 Å². The van der Waals surface area contributed by atoms with Gasteiger partial charge in [-0.3, -0.25) is 9.79 Å². The monoisotopic (exact) mass is 1030 g/mol. The van der Waals surface area contributed by atoms with E-state index in [1.165, 1.54) is 148 Å². The van der Waals surface area contributed by atoms with Gasteiger partial charge in [0.05, 0.1) is 12.3 Å². The fourth-order valence-corrected chi connectivity index (χ4v) is 15.1. The molecule has 3 saturated carbocycles. The minimum absolute atomic E-state index is 0.0121. The van der Waals surface area contributed by atoms with Crippen molar-refractivity contribution in [2.24, 2.45) is 51.3 Å². The number of hydrogen-bond acceptors (Lipinski definition) is 9. The lowest BCUT2D eigenvalue weighted by atomic mass is 9.47. The number of unbranched alkanes of at least 4 members (excludes halogenated alkanes) is 16. The Morgan fingerprint density at radius 1 is 0.797 bits per heavy atom. The van der Waals surface area contributed by atoms with E-state index in [0.29, 0.717) is 46.3 Å². The Balaban J connectivity index is 0.697. The number of thioether (sulfide) groups is 1. The van der Waals surface area contributed by atoms with Gasteiger partial charge in [-0.15, -0.1) is 10.2 Å². The number of aromatic nitrogens is 2. The maximum absolute atomic E-state index is 13.0. The van der Waals surface area contributed by atoms with Crippen LogP contribution in [-0.4, -0.2) is 46.0 Å². The highest BCUT2D eigenvalue weighted by Gasteiger charge is 2.59. The Kier molecular flexibility index (Phi) is 23.4. The summed E-state index contributed by atoms with van der Waals surface area (Å²) in [6.07, 6.45) is 41.3. The van der Waals surface area contributed by atoms with Gasteiger partial charge in [0, 0.05) is 42.0 Å². The van der Waals surface area contributed by atoms with Crippen molar-refractivity contribution >= 4 is 29.6 Å². The number of benzene rings is 2. The second-order valence-corrected chi connectivity index (χ2v) is 25.5. The summed E-state index contributed by atoms with van der Waals surface area (Å²) in [5.74, 6) is 7.42. The van der Waals surface area contributed by atoms with Gasteiger partial charge in [0.15, 0.2) is 0 Å². The number of aromatic hydroxyl groups is 1. The van der Waals surface area contributed by atoms with Gasteiger partial charge in [0.1, 0.15) is 17.6 Å². The fraction of sp³-hybridized carbons (Fsp3) is 0.723. The lowest BCUT2D eigenvalue weighted by molar-refractivity contribution is -0.151. The molecule has 0 saturated heterocycles. The molecule has 1 unspecified atom stereocenters. The number of carbonyl (C=O) groups excluding carboxylic acids is 1. The van der Waals surface area contributed by atoms with Crippen LogP contribution in [0.5, 0.6) is 11.5 Å². The fourth-order valence-electron chi connectivity index (χ4n) is 14.3. The Morgan fingerprint density at radius 3 is 2.22 bits per heavy atom. The molecule has 3 aromatic rings. The van der Waals surface area contributed by atoms with Crippen LogP contribution in [0.1, 0.15) is 240 Å². The molecule has 1 heterocycles. The van der Waals surface area contributed by atoms with E-state index in [0.717, 1.165) is 91.0 Å². The number of phenols is 1. The smallest absolute Gasteiger partial charge is 0.306 e. The standard InChI is InChI=1S/C65H99N3O5S/c1-7-8-9-10-11-12-15-18-21-24-44-74-63-68-67-62(73-63)50-29-33-53(34-30-50)66-47-51-31-35-54(46-60(51)69)71-43-23-20-17-14-13-16-19-22-28-61(70)72-55-39-41-64(5)52(45-55)32-36-56-58-38-37-57(49(4)27-25-26-48(2)3)65(58,6)42-40-59(56)64/h29-35,46-49,55-59,69H,7-28,36-45H2,1-6H3/t49-,55?,56+,57-,58+,59+,64+,65-/m1/s1. The predicted octanol–water partition coefficient (Wildman–Crippen LogP) is 19.0. The van der Waals surface area contributed by atoms with Gasteiger partial charge >= 0.3 is 5.97 Å². The highest BCUT2D eigenvalue weighted by molar-refractivity contribution is 7.99. The van der Waals surface area contributed by atoms with Gasteiger partial charge in [-0.2, -0.15) is 0 Å². The first kappa shape index (κ1) is 58.1. The average Bonchev–Trinajstić information content (AvgIpc) is 4.03. The van der Waals surface area contributed by atoms with Crippen LogP contribution in [0.15, 0.2) is 68.7 Å². The molecule has 0 spiro atoms. The Morgan fingerprint density at radius 2 is 1.50 bits per heavy atom. The molecule has 2 aromatic carbocycles. The molecule has 0 bridgehead atoms. The van der Waals surface area contributed by atoms with Crippen molar-refractivity contribution in [2.45, 2.75) is 245 Å². The highest BCUT2D eigenvalue weighted by Crippen LogP contribution is 2.67. The number of nitrogens with zero attached hydrogens (tertiary/aromatic N) is 3. The molecule has 0 aliphatic heterocycles. The molecule has 0 amide bonds. The Labute approximate surface area is 453 Å². The Hall–Kier alpha value is -3.59. The summed E-state index contributed by atoms with van der Waals surface area (Å²) in [6.45, 7) is 15.5. The van der Waals surface area contributed by atoms with Crippen LogP contribution in [0, 0.1) is 46.3 Å². The number of fused-ring (bicyclic) bond motifs is 5. The van der Waals surface area contributed by atoms with Gasteiger partial charge in [-0.25, -0.2) is 0 Å². The minimum atomic E-state index is 0.0121. The molecule has 7 rings (SSSR count). The van der Waals surface area contributed by atoms with Gasteiger partial charge in [0.25, 0.3) is 5.22 Å². The molecule has 4 aliphatic rings. The Bertz CT molecular complexity index is 2180. The zero-order valence-electron chi connectivity index (χ0n) is 47.2. The second kappa shape index (κ2) is 29.8. The molecule has 3 fully saturated rings. The topological polar surface area (TPSA) is 107 Å². The molecule has 8 atom stereocenters. The summed E-state index contributed by atoms with van der Waals surface area (Å²) in [6, 6.07) is 13.1. The van der Waals surface area contributed by atoms with Crippen LogP contribution >= 0.6 is 11.8 Å². The number of esters is 1. The first-order valence-electron chi connectivity index (χ1n) is 30.4. The van der Waals surface area contributed by atoms with Crippen molar-refractivity contribution in [1.29, 1.82) is 0 Å². The molecule has 1 aromatic heterocycles.